The summed E-state index contributed by atoms with van der Waals surface area (Å²) in [6, 6.07) is 13.0. The molecule has 2 aromatic carbocycles. The molecule has 1 aromatic heterocycles. The number of aryl methyl sites for hydroxylation is 2. The second-order valence-electron chi connectivity index (χ2n) is 8.71. The first kappa shape index (κ1) is 23.7. The standard InChI is InChI=1S/C26H34N4O2/c1-7-10-24(31)29(16-15-28(5)6)20(4)25-27-23-12-9-8-11-22(23)26(32)30(25)21-14-13-18(2)19(3)17-21/h8-9,11-14,17,20H,7,10,15-16H2,1-6H3. The number of rotatable bonds is 8. The van der Waals surface area contributed by atoms with Crippen molar-refractivity contribution in [3.8, 4) is 5.69 Å². The van der Waals surface area contributed by atoms with Crippen molar-refractivity contribution >= 4 is 16.8 Å². The largest absolute Gasteiger partial charge is 0.331 e. The van der Waals surface area contributed by atoms with Gasteiger partial charge in [-0.25, -0.2) is 4.98 Å². The van der Waals surface area contributed by atoms with Gasteiger partial charge in [0.05, 0.1) is 22.6 Å². The minimum Gasteiger partial charge on any atom is -0.331 e. The molecule has 0 aliphatic rings. The van der Waals surface area contributed by atoms with Gasteiger partial charge in [0.2, 0.25) is 5.91 Å². The second kappa shape index (κ2) is 10.1. The Labute approximate surface area is 190 Å². The van der Waals surface area contributed by atoms with Gasteiger partial charge in [0.15, 0.2) is 0 Å². The van der Waals surface area contributed by atoms with Crippen LogP contribution in [0.2, 0.25) is 0 Å². The number of benzene rings is 2. The molecule has 0 aliphatic carbocycles. The average molecular weight is 435 g/mol. The molecule has 6 heteroatoms. The number of amides is 1. The van der Waals surface area contributed by atoms with Crippen molar-refractivity contribution < 1.29 is 4.79 Å². The van der Waals surface area contributed by atoms with E-state index in [0.29, 0.717) is 29.7 Å². The highest BCUT2D eigenvalue weighted by Crippen LogP contribution is 2.24. The number of aromatic nitrogens is 2. The fourth-order valence-electron chi connectivity index (χ4n) is 3.88. The lowest BCUT2D eigenvalue weighted by molar-refractivity contribution is -0.133. The van der Waals surface area contributed by atoms with Gasteiger partial charge >= 0.3 is 0 Å². The third kappa shape index (κ3) is 4.91. The van der Waals surface area contributed by atoms with Crippen molar-refractivity contribution in [2.24, 2.45) is 0 Å². The summed E-state index contributed by atoms with van der Waals surface area (Å²) in [5, 5.41) is 0.571. The van der Waals surface area contributed by atoms with Crippen LogP contribution in [-0.2, 0) is 4.79 Å². The zero-order valence-electron chi connectivity index (χ0n) is 20.1. The van der Waals surface area contributed by atoms with Gasteiger partial charge < -0.3 is 9.80 Å². The lowest BCUT2D eigenvalue weighted by Gasteiger charge is -2.31. The van der Waals surface area contributed by atoms with E-state index in [1.807, 2.05) is 82.2 Å². The summed E-state index contributed by atoms with van der Waals surface area (Å²) in [6.07, 6.45) is 1.25. The summed E-state index contributed by atoms with van der Waals surface area (Å²) in [4.78, 5) is 35.5. The van der Waals surface area contributed by atoms with Crippen LogP contribution in [0, 0.1) is 13.8 Å². The van der Waals surface area contributed by atoms with Gasteiger partial charge in [0.1, 0.15) is 5.82 Å². The lowest BCUT2D eigenvalue weighted by atomic mass is 10.1. The Morgan fingerprint density at radius 3 is 2.44 bits per heavy atom. The maximum absolute atomic E-state index is 13.6. The third-order valence-corrected chi connectivity index (χ3v) is 5.96. The zero-order valence-corrected chi connectivity index (χ0v) is 20.1. The molecule has 3 aromatic rings. The van der Waals surface area contributed by atoms with Crippen LogP contribution in [-0.4, -0.2) is 52.4 Å². The van der Waals surface area contributed by atoms with E-state index in [-0.39, 0.29) is 17.5 Å². The molecular formula is C26H34N4O2. The van der Waals surface area contributed by atoms with Crippen LogP contribution in [0.4, 0.5) is 0 Å². The van der Waals surface area contributed by atoms with E-state index in [1.165, 1.54) is 0 Å². The molecule has 0 saturated carbocycles. The van der Waals surface area contributed by atoms with Gasteiger partial charge in [-0.3, -0.25) is 14.2 Å². The van der Waals surface area contributed by atoms with Crippen molar-refractivity contribution in [3.63, 3.8) is 0 Å². The SMILES string of the molecule is CCCC(=O)N(CCN(C)C)C(C)c1nc2ccccc2c(=O)n1-c1ccc(C)c(C)c1. The quantitative estimate of drug-likeness (QED) is 0.532. The molecule has 32 heavy (non-hydrogen) atoms. The van der Waals surface area contributed by atoms with Crippen LogP contribution in [0.5, 0.6) is 0 Å². The van der Waals surface area contributed by atoms with E-state index in [2.05, 4.69) is 11.8 Å². The fraction of sp³-hybridized carbons (Fsp3) is 0.423. The zero-order chi connectivity index (χ0) is 23.4. The van der Waals surface area contributed by atoms with E-state index in [0.717, 1.165) is 29.8 Å². The number of carbonyl (C=O) groups excluding carboxylic acids is 1. The van der Waals surface area contributed by atoms with Crippen LogP contribution in [0.15, 0.2) is 47.3 Å². The van der Waals surface area contributed by atoms with Crippen molar-refractivity contribution in [3.05, 3.63) is 69.8 Å². The van der Waals surface area contributed by atoms with E-state index < -0.39 is 0 Å². The topological polar surface area (TPSA) is 58.4 Å². The first-order valence-corrected chi connectivity index (χ1v) is 11.3. The molecule has 0 saturated heterocycles. The number of carbonyl (C=O) groups is 1. The summed E-state index contributed by atoms with van der Waals surface area (Å²) < 4.78 is 1.68. The Morgan fingerprint density at radius 1 is 1.06 bits per heavy atom. The van der Waals surface area contributed by atoms with Crippen LogP contribution >= 0.6 is 0 Å². The predicted octanol–water partition coefficient (Wildman–Crippen LogP) is 4.25. The summed E-state index contributed by atoms with van der Waals surface area (Å²) in [5.74, 6) is 0.663. The molecule has 0 bridgehead atoms. The van der Waals surface area contributed by atoms with Gasteiger partial charge in [-0.15, -0.1) is 0 Å². The Hall–Kier alpha value is -2.99. The number of hydrogen-bond donors (Lipinski definition) is 0. The van der Waals surface area contributed by atoms with Gasteiger partial charge in [0.25, 0.3) is 5.56 Å². The molecule has 0 radical (unpaired) electrons. The number of likely N-dealkylation sites (N-methyl/N-ethyl adjacent to an activating group) is 1. The minimum atomic E-state index is -0.354. The van der Waals surface area contributed by atoms with Gasteiger partial charge in [0, 0.05) is 19.5 Å². The molecular weight excluding hydrogens is 400 g/mol. The van der Waals surface area contributed by atoms with Crippen LogP contribution in [0.3, 0.4) is 0 Å². The van der Waals surface area contributed by atoms with Crippen LogP contribution in [0.1, 0.15) is 49.7 Å². The predicted molar refractivity (Wildman–Crippen MR) is 130 cm³/mol. The van der Waals surface area contributed by atoms with Gasteiger partial charge in [-0.1, -0.05) is 25.1 Å². The molecule has 1 unspecified atom stereocenters. The smallest absolute Gasteiger partial charge is 0.266 e. The molecule has 0 N–H and O–H groups in total. The highest BCUT2D eigenvalue weighted by atomic mass is 16.2. The van der Waals surface area contributed by atoms with E-state index in [1.54, 1.807) is 4.57 Å². The number of fused-ring (bicyclic) bond motifs is 1. The molecule has 3 rings (SSSR count). The molecule has 170 valence electrons. The lowest BCUT2D eigenvalue weighted by Crippen LogP contribution is -2.40. The van der Waals surface area contributed by atoms with Crippen molar-refractivity contribution in [1.82, 2.24) is 19.4 Å². The molecule has 0 aliphatic heterocycles. The monoisotopic (exact) mass is 434 g/mol. The summed E-state index contributed by atoms with van der Waals surface area (Å²) in [5.41, 5.74) is 3.57. The Kier molecular flexibility index (Phi) is 7.46. The van der Waals surface area contributed by atoms with Gasteiger partial charge in [-0.05, 0) is 76.7 Å². The molecule has 6 nitrogen and oxygen atoms in total. The van der Waals surface area contributed by atoms with Crippen molar-refractivity contribution in [2.75, 3.05) is 27.2 Å². The molecule has 1 amide bonds. The second-order valence-corrected chi connectivity index (χ2v) is 8.71. The van der Waals surface area contributed by atoms with Crippen molar-refractivity contribution in [1.29, 1.82) is 0 Å². The molecule has 1 atom stereocenters. The normalized spacial score (nSPS) is 12.3. The molecule has 0 fully saturated rings. The molecule has 1 heterocycles. The summed E-state index contributed by atoms with van der Waals surface area (Å²) in [7, 11) is 3.98. The number of hydrogen-bond acceptors (Lipinski definition) is 4. The Morgan fingerprint density at radius 2 is 1.78 bits per heavy atom. The summed E-state index contributed by atoms with van der Waals surface area (Å²) in [6.45, 7) is 9.37. The van der Waals surface area contributed by atoms with E-state index >= 15 is 0 Å². The third-order valence-electron chi connectivity index (χ3n) is 5.96. The van der Waals surface area contributed by atoms with E-state index in [4.69, 9.17) is 4.98 Å². The first-order valence-electron chi connectivity index (χ1n) is 11.3. The minimum absolute atomic E-state index is 0.0795. The maximum atomic E-state index is 13.6. The van der Waals surface area contributed by atoms with E-state index in [9.17, 15) is 9.59 Å². The highest BCUT2D eigenvalue weighted by Gasteiger charge is 2.26. The maximum Gasteiger partial charge on any atom is 0.266 e. The number of para-hydroxylation sites is 1. The molecule has 0 spiro atoms. The average Bonchev–Trinajstić information content (AvgIpc) is 2.75. The highest BCUT2D eigenvalue weighted by molar-refractivity contribution is 5.79. The van der Waals surface area contributed by atoms with Crippen LogP contribution < -0.4 is 5.56 Å². The Bertz CT molecular complexity index is 1170. The van der Waals surface area contributed by atoms with Crippen molar-refractivity contribution in [2.45, 2.75) is 46.6 Å². The van der Waals surface area contributed by atoms with Crippen LogP contribution in [0.25, 0.3) is 16.6 Å². The summed E-state index contributed by atoms with van der Waals surface area (Å²) >= 11 is 0. The fourth-order valence-corrected chi connectivity index (χ4v) is 3.88. The Balaban J connectivity index is 2.23. The first-order chi connectivity index (χ1) is 15.2. The van der Waals surface area contributed by atoms with Gasteiger partial charge in [-0.2, -0.15) is 0 Å². The number of nitrogens with zero attached hydrogens (tertiary/aromatic N) is 4.